The predicted octanol–water partition coefficient (Wildman–Crippen LogP) is 3.66. The van der Waals surface area contributed by atoms with E-state index in [0.717, 1.165) is 5.69 Å². The molecule has 0 atom stereocenters. The Bertz CT molecular complexity index is 1280. The molecule has 0 fully saturated rings. The van der Waals surface area contributed by atoms with Gasteiger partial charge in [0.2, 0.25) is 0 Å². The number of carbonyl (C=O) groups is 1. The highest BCUT2D eigenvalue weighted by molar-refractivity contribution is 6.06. The SMILES string of the molecule is COc1ccc(NC(=O)c2ccc3c(=O)n(-c4ccccc4)cnc3c2)cc1OC. The van der Waals surface area contributed by atoms with E-state index in [0.29, 0.717) is 33.7 Å². The highest BCUT2D eigenvalue weighted by atomic mass is 16.5. The number of rotatable bonds is 5. The second-order valence-electron chi connectivity index (χ2n) is 6.51. The Hall–Kier alpha value is -4.13. The number of amides is 1. The van der Waals surface area contributed by atoms with Gasteiger partial charge in [0.05, 0.1) is 30.8 Å². The van der Waals surface area contributed by atoms with Crippen LogP contribution in [0.15, 0.2) is 77.9 Å². The molecule has 0 aliphatic heterocycles. The Kier molecular flexibility index (Phi) is 5.17. The minimum absolute atomic E-state index is 0.196. The van der Waals surface area contributed by atoms with Crippen LogP contribution in [-0.2, 0) is 0 Å². The zero-order chi connectivity index (χ0) is 21.1. The third-order valence-corrected chi connectivity index (χ3v) is 4.70. The highest BCUT2D eigenvalue weighted by Gasteiger charge is 2.12. The molecule has 1 aromatic heterocycles. The Morgan fingerprint density at radius 3 is 2.43 bits per heavy atom. The van der Waals surface area contributed by atoms with Gasteiger partial charge in [-0.3, -0.25) is 14.2 Å². The van der Waals surface area contributed by atoms with Crippen LogP contribution in [-0.4, -0.2) is 29.7 Å². The number of nitrogens with zero attached hydrogens (tertiary/aromatic N) is 2. The van der Waals surface area contributed by atoms with Gasteiger partial charge in [0.25, 0.3) is 11.5 Å². The molecule has 0 bridgehead atoms. The molecule has 0 radical (unpaired) electrons. The fourth-order valence-corrected chi connectivity index (χ4v) is 3.15. The molecule has 1 heterocycles. The molecule has 0 aliphatic rings. The quantitative estimate of drug-likeness (QED) is 0.552. The van der Waals surface area contributed by atoms with Crippen LogP contribution in [0.1, 0.15) is 10.4 Å². The summed E-state index contributed by atoms with van der Waals surface area (Å²) >= 11 is 0. The molecule has 0 saturated heterocycles. The number of hydrogen-bond acceptors (Lipinski definition) is 5. The average molecular weight is 401 g/mol. The number of ether oxygens (including phenoxy) is 2. The largest absolute Gasteiger partial charge is 0.493 e. The summed E-state index contributed by atoms with van der Waals surface area (Å²) in [6.07, 6.45) is 1.47. The van der Waals surface area contributed by atoms with Crippen LogP contribution in [0.2, 0.25) is 0 Å². The lowest BCUT2D eigenvalue weighted by molar-refractivity contribution is 0.102. The van der Waals surface area contributed by atoms with Crippen molar-refractivity contribution in [3.8, 4) is 17.2 Å². The topological polar surface area (TPSA) is 82.5 Å². The number of methoxy groups -OCH3 is 2. The molecule has 7 heteroatoms. The standard InChI is InChI=1S/C23H19N3O4/c1-29-20-11-9-16(13-21(20)30-2)25-22(27)15-8-10-18-19(12-15)24-14-26(23(18)28)17-6-4-3-5-7-17/h3-14H,1-2H3,(H,25,27). The summed E-state index contributed by atoms with van der Waals surface area (Å²) < 4.78 is 11.9. The summed E-state index contributed by atoms with van der Waals surface area (Å²) in [6.45, 7) is 0. The van der Waals surface area contributed by atoms with Crippen molar-refractivity contribution in [2.45, 2.75) is 0 Å². The van der Waals surface area contributed by atoms with Gasteiger partial charge < -0.3 is 14.8 Å². The molecule has 0 aliphatic carbocycles. The molecule has 1 amide bonds. The molecule has 0 spiro atoms. The van der Waals surface area contributed by atoms with Crippen LogP contribution >= 0.6 is 0 Å². The zero-order valence-corrected chi connectivity index (χ0v) is 16.5. The third-order valence-electron chi connectivity index (χ3n) is 4.70. The lowest BCUT2D eigenvalue weighted by Gasteiger charge is -2.11. The maximum Gasteiger partial charge on any atom is 0.265 e. The predicted molar refractivity (Wildman–Crippen MR) is 115 cm³/mol. The number of hydrogen-bond donors (Lipinski definition) is 1. The van der Waals surface area contributed by atoms with Crippen molar-refractivity contribution >= 4 is 22.5 Å². The molecule has 30 heavy (non-hydrogen) atoms. The van der Waals surface area contributed by atoms with Gasteiger partial charge in [0.15, 0.2) is 11.5 Å². The van der Waals surface area contributed by atoms with Gasteiger partial charge in [0, 0.05) is 17.3 Å². The van der Waals surface area contributed by atoms with Crippen molar-refractivity contribution < 1.29 is 14.3 Å². The Balaban J connectivity index is 1.64. The van der Waals surface area contributed by atoms with Gasteiger partial charge in [0.1, 0.15) is 6.33 Å². The fourth-order valence-electron chi connectivity index (χ4n) is 3.15. The maximum atomic E-state index is 12.8. The van der Waals surface area contributed by atoms with Gasteiger partial charge in [-0.1, -0.05) is 18.2 Å². The lowest BCUT2D eigenvalue weighted by Crippen LogP contribution is -2.19. The van der Waals surface area contributed by atoms with Gasteiger partial charge >= 0.3 is 0 Å². The summed E-state index contributed by atoms with van der Waals surface area (Å²) in [5.74, 6) is 0.759. The van der Waals surface area contributed by atoms with E-state index in [1.54, 1.807) is 43.5 Å². The first-order valence-electron chi connectivity index (χ1n) is 9.21. The minimum atomic E-state index is -0.321. The molecular formula is C23H19N3O4. The molecule has 0 saturated carbocycles. The van der Waals surface area contributed by atoms with E-state index in [-0.39, 0.29) is 11.5 Å². The van der Waals surface area contributed by atoms with E-state index in [4.69, 9.17) is 9.47 Å². The number of carbonyl (C=O) groups excluding carboxylic acids is 1. The fraction of sp³-hybridized carbons (Fsp3) is 0.0870. The van der Waals surface area contributed by atoms with Crippen LogP contribution in [0.25, 0.3) is 16.6 Å². The Morgan fingerprint density at radius 2 is 1.70 bits per heavy atom. The molecule has 7 nitrogen and oxygen atoms in total. The van der Waals surface area contributed by atoms with E-state index < -0.39 is 0 Å². The van der Waals surface area contributed by atoms with Crippen molar-refractivity contribution in [1.82, 2.24) is 9.55 Å². The summed E-state index contributed by atoms with van der Waals surface area (Å²) in [5.41, 5.74) is 1.93. The highest BCUT2D eigenvalue weighted by Crippen LogP contribution is 2.30. The number of nitrogens with one attached hydrogen (secondary N) is 1. The van der Waals surface area contributed by atoms with Crippen molar-refractivity contribution in [3.05, 3.63) is 89.0 Å². The molecular weight excluding hydrogens is 382 g/mol. The summed E-state index contributed by atoms with van der Waals surface area (Å²) in [5, 5.41) is 3.25. The number of fused-ring (bicyclic) bond motifs is 1. The van der Waals surface area contributed by atoms with Crippen LogP contribution in [0, 0.1) is 0 Å². The molecule has 0 unspecified atom stereocenters. The number of aromatic nitrogens is 2. The molecule has 4 rings (SSSR count). The first-order valence-corrected chi connectivity index (χ1v) is 9.21. The summed E-state index contributed by atoms with van der Waals surface area (Å²) in [6, 6.07) is 19.2. The van der Waals surface area contributed by atoms with Crippen molar-refractivity contribution in [2.75, 3.05) is 19.5 Å². The van der Waals surface area contributed by atoms with E-state index in [1.165, 1.54) is 18.0 Å². The maximum absolute atomic E-state index is 12.8. The Morgan fingerprint density at radius 1 is 0.933 bits per heavy atom. The minimum Gasteiger partial charge on any atom is -0.493 e. The van der Waals surface area contributed by atoms with Crippen LogP contribution in [0.4, 0.5) is 5.69 Å². The lowest BCUT2D eigenvalue weighted by atomic mass is 10.1. The number of benzene rings is 3. The average Bonchev–Trinajstić information content (AvgIpc) is 2.79. The van der Waals surface area contributed by atoms with Crippen molar-refractivity contribution in [2.24, 2.45) is 0 Å². The van der Waals surface area contributed by atoms with Crippen LogP contribution in [0.3, 0.4) is 0 Å². The molecule has 150 valence electrons. The summed E-state index contributed by atoms with van der Waals surface area (Å²) in [4.78, 5) is 29.9. The molecule has 1 N–H and O–H groups in total. The third kappa shape index (κ3) is 3.60. The van der Waals surface area contributed by atoms with E-state index in [9.17, 15) is 9.59 Å². The second kappa shape index (κ2) is 8.08. The molecule has 3 aromatic carbocycles. The summed E-state index contributed by atoms with van der Waals surface area (Å²) in [7, 11) is 3.07. The monoisotopic (exact) mass is 401 g/mol. The zero-order valence-electron chi connectivity index (χ0n) is 16.5. The second-order valence-corrected chi connectivity index (χ2v) is 6.51. The van der Waals surface area contributed by atoms with Gasteiger partial charge in [-0.2, -0.15) is 0 Å². The number of anilines is 1. The number of para-hydroxylation sites is 1. The van der Waals surface area contributed by atoms with E-state index in [1.807, 2.05) is 30.3 Å². The van der Waals surface area contributed by atoms with Crippen molar-refractivity contribution in [3.63, 3.8) is 0 Å². The normalized spacial score (nSPS) is 10.6. The van der Waals surface area contributed by atoms with Crippen LogP contribution in [0.5, 0.6) is 11.5 Å². The Labute approximate surface area is 172 Å². The van der Waals surface area contributed by atoms with Crippen LogP contribution < -0.4 is 20.3 Å². The first-order chi connectivity index (χ1) is 14.6. The molecule has 4 aromatic rings. The van der Waals surface area contributed by atoms with Crippen molar-refractivity contribution in [1.29, 1.82) is 0 Å². The van der Waals surface area contributed by atoms with Gasteiger partial charge in [-0.15, -0.1) is 0 Å². The smallest absolute Gasteiger partial charge is 0.265 e. The van der Waals surface area contributed by atoms with E-state index >= 15 is 0 Å². The van der Waals surface area contributed by atoms with Gasteiger partial charge in [-0.05, 0) is 42.5 Å². The first kappa shape index (κ1) is 19.2. The van der Waals surface area contributed by atoms with E-state index in [2.05, 4.69) is 10.3 Å². The van der Waals surface area contributed by atoms with Gasteiger partial charge in [-0.25, -0.2) is 4.98 Å².